The molecule has 0 atom stereocenters. The first kappa shape index (κ1) is 14.5. The third-order valence-corrected chi connectivity index (χ3v) is 4.04. The van der Waals surface area contributed by atoms with Gasteiger partial charge in [-0.3, -0.25) is 4.72 Å². The van der Waals surface area contributed by atoms with E-state index in [1.54, 1.807) is 24.3 Å². The van der Waals surface area contributed by atoms with Gasteiger partial charge < -0.3 is 5.73 Å². The number of pyridine rings is 1. The van der Waals surface area contributed by atoms with Gasteiger partial charge in [-0.1, -0.05) is 30.3 Å². The van der Waals surface area contributed by atoms with Crippen LogP contribution in [0.2, 0.25) is 0 Å². The number of aromatic nitrogens is 1. The van der Waals surface area contributed by atoms with Crippen LogP contribution in [0.3, 0.4) is 0 Å². The minimum absolute atomic E-state index is 0.115. The molecule has 5 nitrogen and oxygen atoms in total. The first-order valence-corrected chi connectivity index (χ1v) is 7.86. The van der Waals surface area contributed by atoms with Crippen LogP contribution in [-0.4, -0.2) is 13.4 Å². The Balaban J connectivity index is 2.19. The molecule has 2 aromatic rings. The molecular weight excluding hydrogens is 274 g/mol. The highest BCUT2D eigenvalue weighted by Gasteiger charge is 2.14. The molecule has 0 aliphatic carbocycles. The van der Waals surface area contributed by atoms with E-state index in [0.29, 0.717) is 17.9 Å². The molecule has 1 aromatic heterocycles. The van der Waals surface area contributed by atoms with E-state index in [1.807, 2.05) is 25.1 Å². The lowest BCUT2D eigenvalue weighted by Crippen LogP contribution is -2.17. The number of nitrogens with one attached hydrogen (secondary N) is 1. The number of hydrogen-bond acceptors (Lipinski definition) is 4. The molecule has 0 saturated heterocycles. The van der Waals surface area contributed by atoms with E-state index in [1.165, 1.54) is 0 Å². The molecule has 3 N–H and O–H groups in total. The number of benzene rings is 1. The highest BCUT2D eigenvalue weighted by atomic mass is 32.2. The van der Waals surface area contributed by atoms with Gasteiger partial charge in [-0.05, 0) is 30.2 Å². The average Bonchev–Trinajstić information content (AvgIpc) is 2.38. The van der Waals surface area contributed by atoms with Gasteiger partial charge in [0.1, 0.15) is 5.82 Å². The maximum atomic E-state index is 12.2. The number of hydrogen-bond donors (Lipinski definition) is 2. The van der Waals surface area contributed by atoms with E-state index in [2.05, 4.69) is 9.71 Å². The van der Waals surface area contributed by atoms with E-state index in [4.69, 9.17) is 5.73 Å². The second kappa shape index (κ2) is 6.02. The van der Waals surface area contributed by atoms with E-state index >= 15 is 0 Å². The van der Waals surface area contributed by atoms with Crippen LogP contribution in [0.1, 0.15) is 16.8 Å². The molecule has 0 spiro atoms. The van der Waals surface area contributed by atoms with Gasteiger partial charge in [-0.25, -0.2) is 13.4 Å². The largest absolute Gasteiger partial charge is 0.326 e. The van der Waals surface area contributed by atoms with Gasteiger partial charge >= 0.3 is 0 Å². The van der Waals surface area contributed by atoms with Gasteiger partial charge in [0.05, 0.1) is 5.75 Å². The summed E-state index contributed by atoms with van der Waals surface area (Å²) in [5.74, 6) is 0.214. The van der Waals surface area contributed by atoms with Crippen LogP contribution < -0.4 is 10.5 Å². The predicted octanol–water partition coefficient (Wildman–Crippen LogP) is 1.79. The average molecular weight is 291 g/mol. The number of aryl methyl sites for hydroxylation is 1. The van der Waals surface area contributed by atoms with Crippen LogP contribution in [0.15, 0.2) is 42.5 Å². The number of nitrogens with zero attached hydrogens (tertiary/aromatic N) is 1. The fourth-order valence-electron chi connectivity index (χ4n) is 1.90. The summed E-state index contributed by atoms with van der Waals surface area (Å²) in [5, 5.41) is 0. The molecule has 0 amide bonds. The highest BCUT2D eigenvalue weighted by Crippen LogP contribution is 2.14. The summed E-state index contributed by atoms with van der Waals surface area (Å²) in [5.41, 5.74) is 7.90. The van der Waals surface area contributed by atoms with Gasteiger partial charge in [0.15, 0.2) is 0 Å². The van der Waals surface area contributed by atoms with Crippen LogP contribution in [0.4, 0.5) is 5.82 Å². The predicted molar refractivity (Wildman–Crippen MR) is 79.6 cm³/mol. The minimum atomic E-state index is -3.51. The van der Waals surface area contributed by atoms with Crippen LogP contribution in [0.5, 0.6) is 0 Å². The molecule has 2 rings (SSSR count). The first-order valence-electron chi connectivity index (χ1n) is 6.21. The Morgan fingerprint density at radius 3 is 2.45 bits per heavy atom. The van der Waals surface area contributed by atoms with Gasteiger partial charge in [-0.15, -0.1) is 0 Å². The fraction of sp³-hybridized carbons (Fsp3) is 0.214. The lowest BCUT2D eigenvalue weighted by atomic mass is 10.1. The molecule has 0 aliphatic rings. The van der Waals surface area contributed by atoms with Crippen molar-refractivity contribution in [1.82, 2.24) is 4.98 Å². The van der Waals surface area contributed by atoms with Crippen molar-refractivity contribution in [3.63, 3.8) is 0 Å². The molecule has 0 aliphatic heterocycles. The summed E-state index contributed by atoms with van der Waals surface area (Å²) in [4.78, 5) is 4.13. The van der Waals surface area contributed by atoms with Crippen LogP contribution >= 0.6 is 0 Å². The monoisotopic (exact) mass is 291 g/mol. The van der Waals surface area contributed by atoms with E-state index in [9.17, 15) is 8.42 Å². The topological polar surface area (TPSA) is 85.1 Å². The molecule has 0 radical (unpaired) electrons. The Hall–Kier alpha value is -1.92. The summed E-state index contributed by atoms with van der Waals surface area (Å²) in [6.07, 6.45) is 0. The summed E-state index contributed by atoms with van der Waals surface area (Å²) in [6, 6.07) is 12.4. The Morgan fingerprint density at radius 1 is 1.10 bits per heavy atom. The molecular formula is C14H17N3O2S. The van der Waals surface area contributed by atoms with Crippen LogP contribution in [0, 0.1) is 6.92 Å². The zero-order valence-electron chi connectivity index (χ0n) is 11.2. The zero-order valence-corrected chi connectivity index (χ0v) is 12.0. The van der Waals surface area contributed by atoms with Gasteiger partial charge in [0.2, 0.25) is 10.0 Å². The molecule has 0 fully saturated rings. The smallest absolute Gasteiger partial charge is 0.238 e. The number of rotatable bonds is 5. The lowest BCUT2D eigenvalue weighted by Gasteiger charge is -2.10. The van der Waals surface area contributed by atoms with Crippen molar-refractivity contribution in [1.29, 1.82) is 0 Å². The summed E-state index contributed by atoms with van der Waals surface area (Å²) in [7, 11) is -3.51. The highest BCUT2D eigenvalue weighted by molar-refractivity contribution is 7.91. The van der Waals surface area contributed by atoms with Gasteiger partial charge in [0.25, 0.3) is 0 Å². The van der Waals surface area contributed by atoms with Crippen molar-refractivity contribution < 1.29 is 8.42 Å². The van der Waals surface area contributed by atoms with Crippen molar-refractivity contribution in [3.8, 4) is 0 Å². The van der Waals surface area contributed by atoms with E-state index < -0.39 is 10.0 Å². The second-order valence-corrected chi connectivity index (χ2v) is 6.22. The number of nitrogens with two attached hydrogens (primary N) is 1. The zero-order chi connectivity index (χ0) is 14.6. The third-order valence-electron chi connectivity index (χ3n) is 2.83. The van der Waals surface area contributed by atoms with Crippen molar-refractivity contribution in [3.05, 3.63) is 59.3 Å². The standard InChI is InChI=1S/C14H17N3O2S/c1-11-5-4-8-14(16-11)17-20(18,19)10-13-7-3-2-6-12(13)9-15/h2-8H,9-10,15H2,1H3,(H,16,17). The minimum Gasteiger partial charge on any atom is -0.326 e. The third kappa shape index (κ3) is 3.79. The molecule has 1 aromatic carbocycles. The quantitative estimate of drug-likeness (QED) is 0.879. The van der Waals surface area contributed by atoms with Crippen molar-refractivity contribution >= 4 is 15.8 Å². The van der Waals surface area contributed by atoms with Gasteiger partial charge in [0, 0.05) is 12.2 Å². The van der Waals surface area contributed by atoms with Crippen LogP contribution in [0.25, 0.3) is 0 Å². The van der Waals surface area contributed by atoms with Crippen molar-refractivity contribution in [2.24, 2.45) is 5.73 Å². The van der Waals surface area contributed by atoms with Crippen molar-refractivity contribution in [2.75, 3.05) is 4.72 Å². The fourth-order valence-corrected chi connectivity index (χ4v) is 3.09. The Labute approximate surface area is 118 Å². The SMILES string of the molecule is Cc1cccc(NS(=O)(=O)Cc2ccccc2CN)n1. The maximum absolute atomic E-state index is 12.2. The van der Waals surface area contributed by atoms with Gasteiger partial charge in [-0.2, -0.15) is 0 Å². The summed E-state index contributed by atoms with van der Waals surface area (Å²) in [6.45, 7) is 2.12. The number of anilines is 1. The molecule has 106 valence electrons. The Bertz CT molecular complexity index is 699. The first-order chi connectivity index (χ1) is 9.50. The molecule has 0 bridgehead atoms. The van der Waals surface area contributed by atoms with E-state index in [0.717, 1.165) is 11.3 Å². The molecule has 0 saturated carbocycles. The van der Waals surface area contributed by atoms with Crippen LogP contribution in [-0.2, 0) is 22.3 Å². The Morgan fingerprint density at radius 2 is 1.80 bits per heavy atom. The van der Waals surface area contributed by atoms with Crippen molar-refractivity contribution in [2.45, 2.75) is 19.2 Å². The Kier molecular flexibility index (Phi) is 4.36. The number of sulfonamides is 1. The molecule has 20 heavy (non-hydrogen) atoms. The molecule has 1 heterocycles. The summed E-state index contributed by atoms with van der Waals surface area (Å²) < 4.78 is 26.8. The molecule has 6 heteroatoms. The molecule has 0 unspecified atom stereocenters. The lowest BCUT2D eigenvalue weighted by molar-refractivity contribution is 0.600. The second-order valence-electron chi connectivity index (χ2n) is 4.50. The summed E-state index contributed by atoms with van der Waals surface area (Å²) >= 11 is 0. The van der Waals surface area contributed by atoms with E-state index in [-0.39, 0.29) is 5.75 Å². The maximum Gasteiger partial charge on any atom is 0.238 e. The normalized spacial score (nSPS) is 11.3.